The van der Waals surface area contributed by atoms with Crippen LogP contribution in [0.5, 0.6) is 0 Å². The fourth-order valence-corrected chi connectivity index (χ4v) is 4.40. The van der Waals surface area contributed by atoms with E-state index in [-0.39, 0.29) is 6.61 Å². The Morgan fingerprint density at radius 3 is 2.48 bits per heavy atom. The summed E-state index contributed by atoms with van der Waals surface area (Å²) < 4.78 is 15.6. The highest BCUT2D eigenvalue weighted by Crippen LogP contribution is 2.43. The fourth-order valence-electron chi connectivity index (χ4n) is 3.98. The van der Waals surface area contributed by atoms with E-state index in [0.29, 0.717) is 12.3 Å². The quantitative estimate of drug-likeness (QED) is 0.364. The second-order valence-corrected chi connectivity index (χ2v) is 9.89. The molecular weight excluding hydrogens is 361 g/mol. The average molecular weight is 397 g/mol. The largest absolute Gasteiger partial charge is 0.469 e. The van der Waals surface area contributed by atoms with Gasteiger partial charge in [0.2, 0.25) is 0 Å². The number of aryl methyl sites for hydroxylation is 1. The Hall–Kier alpha value is -0.710. The summed E-state index contributed by atoms with van der Waals surface area (Å²) in [5, 5.41) is 0. The molecule has 0 radical (unpaired) electrons. The normalized spacial score (nSPS) is 23.3. The summed E-state index contributed by atoms with van der Waals surface area (Å²) in [7, 11) is -4.46. The van der Waals surface area contributed by atoms with Crippen LogP contribution in [0.3, 0.4) is 0 Å². The number of hydrogen-bond acceptors (Lipinski definition) is 3. The van der Waals surface area contributed by atoms with Gasteiger partial charge in [0.25, 0.3) is 0 Å². The molecule has 0 heterocycles. The maximum atomic E-state index is 10.9. The van der Waals surface area contributed by atoms with Gasteiger partial charge in [-0.3, -0.25) is 4.52 Å². The lowest BCUT2D eigenvalue weighted by Gasteiger charge is -2.24. The van der Waals surface area contributed by atoms with E-state index < -0.39 is 13.4 Å². The first kappa shape index (κ1) is 22.6. The van der Waals surface area contributed by atoms with Gasteiger partial charge in [-0.25, -0.2) is 4.57 Å². The minimum Gasteiger partial charge on any atom is -0.323 e. The zero-order chi connectivity index (χ0) is 19.9. The molecule has 1 fully saturated rings. The van der Waals surface area contributed by atoms with Crippen LogP contribution in [0.25, 0.3) is 0 Å². The van der Waals surface area contributed by atoms with Crippen molar-refractivity contribution in [2.24, 2.45) is 11.7 Å². The van der Waals surface area contributed by atoms with Crippen LogP contribution in [0.4, 0.5) is 0 Å². The van der Waals surface area contributed by atoms with Gasteiger partial charge in [-0.05, 0) is 55.1 Å². The van der Waals surface area contributed by atoms with Crippen molar-refractivity contribution >= 4 is 7.82 Å². The highest BCUT2D eigenvalue weighted by atomic mass is 31.2. The fraction of sp³-hybridized carbons (Fsp3) is 0.714. The van der Waals surface area contributed by atoms with Gasteiger partial charge in [0.05, 0.1) is 6.61 Å². The van der Waals surface area contributed by atoms with Gasteiger partial charge in [-0.2, -0.15) is 0 Å². The molecular formula is C21H36NO4P. The van der Waals surface area contributed by atoms with Crippen LogP contribution in [0, 0.1) is 5.92 Å². The minimum absolute atomic E-state index is 0.0946. The predicted molar refractivity (Wildman–Crippen MR) is 110 cm³/mol. The van der Waals surface area contributed by atoms with Gasteiger partial charge < -0.3 is 15.5 Å². The van der Waals surface area contributed by atoms with E-state index in [4.69, 9.17) is 15.5 Å². The molecule has 0 saturated heterocycles. The maximum absolute atomic E-state index is 10.9. The molecule has 154 valence electrons. The zero-order valence-electron chi connectivity index (χ0n) is 16.8. The molecule has 0 unspecified atom stereocenters. The number of unbranched alkanes of at least 4 members (excludes halogenated alkanes) is 3. The van der Waals surface area contributed by atoms with Crippen LogP contribution in [-0.2, 0) is 15.5 Å². The molecule has 27 heavy (non-hydrogen) atoms. The number of phosphoric ester groups is 1. The predicted octanol–water partition coefficient (Wildman–Crippen LogP) is 4.91. The molecule has 0 aromatic heterocycles. The van der Waals surface area contributed by atoms with E-state index in [2.05, 4.69) is 42.6 Å². The Morgan fingerprint density at radius 2 is 1.85 bits per heavy atom. The summed E-state index contributed by atoms with van der Waals surface area (Å²) in [4.78, 5) is 17.8. The highest BCUT2D eigenvalue weighted by molar-refractivity contribution is 7.46. The van der Waals surface area contributed by atoms with E-state index in [1.54, 1.807) is 0 Å². The summed E-state index contributed by atoms with van der Waals surface area (Å²) in [5.74, 6) is 1.14. The monoisotopic (exact) mass is 397 g/mol. The summed E-state index contributed by atoms with van der Waals surface area (Å²) in [6.45, 7) is 4.47. The maximum Gasteiger partial charge on any atom is 0.469 e. The molecule has 1 aromatic carbocycles. The van der Waals surface area contributed by atoms with Crippen molar-refractivity contribution in [3.05, 3.63) is 35.4 Å². The molecule has 0 spiro atoms. The standard InChI is InChI=1S/C21H36NO4P/c1-17(2)7-5-3-4-6-8-18-9-11-19(12-10-18)20-13-14-21(22,15-20)16-26-27(23,24)25/h9-12,17,20H,3-8,13-16,22H2,1-2H3,(H2,23,24,25)/t20-,21+/m1/s1. The highest BCUT2D eigenvalue weighted by Gasteiger charge is 2.38. The first-order chi connectivity index (χ1) is 12.7. The molecule has 0 amide bonds. The molecule has 2 rings (SSSR count). The van der Waals surface area contributed by atoms with E-state index in [1.165, 1.54) is 43.2 Å². The van der Waals surface area contributed by atoms with Crippen molar-refractivity contribution in [1.29, 1.82) is 0 Å². The van der Waals surface area contributed by atoms with Crippen molar-refractivity contribution in [3.63, 3.8) is 0 Å². The summed E-state index contributed by atoms with van der Waals surface area (Å²) in [6.07, 6.45) is 10.0. The van der Waals surface area contributed by atoms with Gasteiger partial charge in [0.1, 0.15) is 0 Å². The number of benzene rings is 1. The SMILES string of the molecule is CC(C)CCCCCCc1ccc([C@@H]2CC[C@@](N)(COP(=O)(O)O)C2)cc1. The van der Waals surface area contributed by atoms with Crippen molar-refractivity contribution in [2.75, 3.05) is 6.61 Å². The number of nitrogens with two attached hydrogens (primary N) is 1. The van der Waals surface area contributed by atoms with Crippen LogP contribution in [-0.4, -0.2) is 21.9 Å². The van der Waals surface area contributed by atoms with Gasteiger partial charge in [0.15, 0.2) is 0 Å². The lowest BCUT2D eigenvalue weighted by molar-refractivity contribution is 0.153. The first-order valence-corrected chi connectivity index (χ1v) is 11.8. The lowest BCUT2D eigenvalue weighted by atomic mass is 9.92. The topological polar surface area (TPSA) is 92.8 Å². The second kappa shape index (κ2) is 10.2. The van der Waals surface area contributed by atoms with Crippen LogP contribution >= 0.6 is 7.82 Å². The third kappa shape index (κ3) is 8.45. The van der Waals surface area contributed by atoms with E-state index in [9.17, 15) is 4.57 Å². The van der Waals surface area contributed by atoms with Gasteiger partial charge in [-0.1, -0.05) is 63.8 Å². The molecule has 4 N–H and O–H groups in total. The molecule has 2 atom stereocenters. The van der Waals surface area contributed by atoms with E-state index in [1.807, 2.05) is 0 Å². The smallest absolute Gasteiger partial charge is 0.323 e. The average Bonchev–Trinajstić information content (AvgIpc) is 2.99. The zero-order valence-corrected chi connectivity index (χ0v) is 17.7. The molecule has 1 saturated carbocycles. The van der Waals surface area contributed by atoms with Gasteiger partial charge >= 0.3 is 7.82 Å². The summed E-state index contributed by atoms with van der Waals surface area (Å²) >= 11 is 0. The summed E-state index contributed by atoms with van der Waals surface area (Å²) in [6, 6.07) is 8.81. The summed E-state index contributed by atoms with van der Waals surface area (Å²) in [5.41, 5.74) is 8.27. The van der Waals surface area contributed by atoms with E-state index >= 15 is 0 Å². The minimum atomic E-state index is -4.46. The Morgan fingerprint density at radius 1 is 1.19 bits per heavy atom. The van der Waals surface area contributed by atoms with Crippen LogP contribution in [0.1, 0.15) is 82.3 Å². The number of hydrogen-bond donors (Lipinski definition) is 3. The van der Waals surface area contributed by atoms with E-state index in [0.717, 1.165) is 25.2 Å². The first-order valence-electron chi connectivity index (χ1n) is 10.2. The van der Waals surface area contributed by atoms with Gasteiger partial charge in [0, 0.05) is 5.54 Å². The van der Waals surface area contributed by atoms with Crippen molar-refractivity contribution in [2.45, 2.75) is 83.1 Å². The Bertz CT molecular complexity index is 613. The third-order valence-corrected chi connectivity index (χ3v) is 6.08. The Labute approximate surface area is 163 Å². The number of rotatable bonds is 11. The van der Waals surface area contributed by atoms with Crippen LogP contribution in [0.15, 0.2) is 24.3 Å². The molecule has 0 aliphatic heterocycles. The van der Waals surface area contributed by atoms with Crippen LogP contribution in [0.2, 0.25) is 0 Å². The van der Waals surface area contributed by atoms with Gasteiger partial charge in [-0.15, -0.1) is 0 Å². The number of phosphoric acid groups is 1. The Kier molecular flexibility index (Phi) is 8.51. The van der Waals surface area contributed by atoms with Crippen molar-refractivity contribution in [1.82, 2.24) is 0 Å². The van der Waals surface area contributed by atoms with Crippen LogP contribution < -0.4 is 5.73 Å². The lowest BCUT2D eigenvalue weighted by Crippen LogP contribution is -2.41. The molecule has 5 nitrogen and oxygen atoms in total. The van der Waals surface area contributed by atoms with Crippen molar-refractivity contribution < 1.29 is 18.9 Å². The molecule has 1 aromatic rings. The van der Waals surface area contributed by atoms with Crippen molar-refractivity contribution in [3.8, 4) is 0 Å². The third-order valence-electron chi connectivity index (χ3n) is 5.61. The Balaban J connectivity index is 1.74. The molecule has 6 heteroatoms. The molecule has 0 bridgehead atoms. The molecule has 1 aliphatic carbocycles. The second-order valence-electron chi connectivity index (χ2n) is 8.65. The molecule has 1 aliphatic rings.